The van der Waals surface area contributed by atoms with Gasteiger partial charge in [-0.15, -0.1) is 0 Å². The van der Waals surface area contributed by atoms with E-state index in [1.807, 2.05) is 0 Å². The number of methoxy groups -OCH3 is 6. The molecule has 0 aromatic rings. The van der Waals surface area contributed by atoms with Crippen molar-refractivity contribution in [1.82, 2.24) is 0 Å². The summed E-state index contributed by atoms with van der Waals surface area (Å²) in [5, 5.41) is 167. The molecule has 0 saturated carbocycles. The average molecular weight is 1250 g/mol. The normalized spacial score (nSPS) is 43.1. The molecule has 6 aliphatic rings. The largest absolute Gasteiger partial charge is 0.394 e. The summed E-state index contributed by atoms with van der Waals surface area (Å²) in [6, 6.07) is 0. The standard InChI is InChI=1S/6C8H16O5.6CH4/c3*1-4-8(12-2)7(11)6(10)5(3-9)13-4;3*1-4-6(10)8(12-2)7(11)5(3-9)13-4;;;;;;/h6*4-11H,3H2,1-2H3;6*1H4/t6*4-,5?,6?,7?,8?;;;;;;/m111111....../s1. The fourth-order valence-corrected chi connectivity index (χ4v) is 9.46. The SMILES string of the molecule is C.C.C.C.C.C.COC1C(O)C(CO)O[C@H](C)C1O.COC1C(O)C(CO)O[C@H](C)C1O.COC1C(O)C(CO)O[C@H](C)C1O.COC1C(O)C(O)C(CO)O[C@@H]1C.COC1C(O)C(O)C(CO)O[C@@H]1C.COC1C(O)C(O)C(CO)O[C@@H]1C. The molecule has 6 aliphatic heterocycles. The van der Waals surface area contributed by atoms with Gasteiger partial charge in [-0.1, -0.05) is 44.6 Å². The molecular formula is C54H120O30. The maximum absolute atomic E-state index is 9.55. The quantitative estimate of drug-likeness (QED) is 0.0869. The molecule has 0 spiro atoms. The topological polar surface area (TPSA) is 475 Å². The Labute approximate surface area is 499 Å². The van der Waals surface area contributed by atoms with Crippen LogP contribution in [0.15, 0.2) is 0 Å². The van der Waals surface area contributed by atoms with Crippen molar-refractivity contribution in [3.05, 3.63) is 0 Å². The van der Waals surface area contributed by atoms with Crippen molar-refractivity contribution < 1.29 is 149 Å². The highest BCUT2D eigenvalue weighted by Gasteiger charge is 2.47. The van der Waals surface area contributed by atoms with Gasteiger partial charge in [0.1, 0.15) is 146 Å². The van der Waals surface area contributed by atoms with E-state index in [9.17, 15) is 61.3 Å². The number of hydrogen-bond acceptors (Lipinski definition) is 30. The zero-order valence-electron chi connectivity index (χ0n) is 46.5. The molecule has 30 heteroatoms. The van der Waals surface area contributed by atoms with Crippen LogP contribution >= 0.6 is 0 Å². The number of aliphatic hydroxyl groups excluding tert-OH is 18. The van der Waals surface area contributed by atoms with Crippen molar-refractivity contribution in [2.45, 2.75) is 269 Å². The number of ether oxygens (including phenoxy) is 12. The molecule has 0 radical (unpaired) electrons. The Hall–Kier alpha value is -1.20. The maximum Gasteiger partial charge on any atom is 0.114 e. The summed E-state index contributed by atoms with van der Waals surface area (Å²) < 4.78 is 60.9. The first kappa shape index (κ1) is 93.9. The predicted octanol–water partition coefficient (Wildman–Crippen LogP) is -5.17. The Bertz CT molecular complexity index is 1360. The lowest BCUT2D eigenvalue weighted by molar-refractivity contribution is -0.231. The Morgan fingerprint density at radius 3 is 0.500 bits per heavy atom. The van der Waals surface area contributed by atoms with Gasteiger partial charge in [0, 0.05) is 42.7 Å². The van der Waals surface area contributed by atoms with E-state index in [0.29, 0.717) is 0 Å². The van der Waals surface area contributed by atoms with Crippen molar-refractivity contribution in [1.29, 1.82) is 0 Å². The van der Waals surface area contributed by atoms with Crippen molar-refractivity contribution in [2.24, 2.45) is 0 Å². The lowest BCUT2D eigenvalue weighted by atomic mass is 9.96. The second-order valence-corrected chi connectivity index (χ2v) is 19.5. The number of aliphatic hydroxyl groups is 18. The minimum Gasteiger partial charge on any atom is -0.394 e. The third-order valence-corrected chi connectivity index (χ3v) is 14.2. The summed E-state index contributed by atoms with van der Waals surface area (Å²) in [5.74, 6) is 0. The van der Waals surface area contributed by atoms with Crippen LogP contribution in [-0.4, -0.2) is 357 Å². The molecule has 18 N–H and O–H groups in total. The predicted molar refractivity (Wildman–Crippen MR) is 306 cm³/mol. The Morgan fingerprint density at radius 1 is 0.214 bits per heavy atom. The zero-order chi connectivity index (χ0) is 60.0. The van der Waals surface area contributed by atoms with Crippen molar-refractivity contribution in [3.8, 4) is 0 Å². The second kappa shape index (κ2) is 46.8. The van der Waals surface area contributed by atoms with Gasteiger partial charge in [-0.3, -0.25) is 0 Å². The maximum atomic E-state index is 9.55. The average Bonchev–Trinajstić information content (AvgIpc) is 3.42. The van der Waals surface area contributed by atoms with E-state index >= 15 is 0 Å². The summed E-state index contributed by atoms with van der Waals surface area (Å²) in [7, 11) is 8.55. The molecule has 24 unspecified atom stereocenters. The number of hydrogen-bond donors (Lipinski definition) is 18. The van der Waals surface area contributed by atoms with Crippen LogP contribution in [0, 0.1) is 0 Å². The summed E-state index contributed by atoms with van der Waals surface area (Å²) in [6.07, 6.45) is -22.1. The first-order chi connectivity index (χ1) is 36.7. The number of rotatable bonds is 12. The van der Waals surface area contributed by atoms with Gasteiger partial charge in [0.05, 0.1) is 76.3 Å². The monoisotopic (exact) mass is 1250 g/mol. The smallest absolute Gasteiger partial charge is 0.114 e. The molecule has 0 bridgehead atoms. The summed E-state index contributed by atoms with van der Waals surface area (Å²) in [4.78, 5) is 0. The highest BCUT2D eigenvalue weighted by molar-refractivity contribution is 4.95. The first-order valence-electron chi connectivity index (χ1n) is 25.6. The highest BCUT2D eigenvalue weighted by atomic mass is 16.6. The molecule has 84 heavy (non-hydrogen) atoms. The molecule has 516 valence electrons. The minimum absolute atomic E-state index is 0. The molecule has 30 atom stereocenters. The molecular weight excluding hydrogens is 1130 g/mol. The fraction of sp³-hybridized carbons (Fsp3) is 1.00. The van der Waals surface area contributed by atoms with Gasteiger partial charge in [-0.2, -0.15) is 0 Å². The van der Waals surface area contributed by atoms with E-state index in [1.165, 1.54) is 42.7 Å². The molecule has 0 amide bonds. The zero-order valence-corrected chi connectivity index (χ0v) is 46.5. The van der Waals surface area contributed by atoms with Gasteiger partial charge in [0.25, 0.3) is 0 Å². The summed E-state index contributed by atoms with van der Waals surface area (Å²) in [6.45, 7) is 8.44. The lowest BCUT2D eigenvalue weighted by Crippen LogP contribution is -2.58. The molecule has 6 fully saturated rings. The van der Waals surface area contributed by atoms with E-state index < -0.39 is 165 Å². The summed E-state index contributed by atoms with van der Waals surface area (Å²) >= 11 is 0. The van der Waals surface area contributed by atoms with Crippen molar-refractivity contribution in [3.63, 3.8) is 0 Å². The van der Waals surface area contributed by atoms with Gasteiger partial charge < -0.3 is 149 Å². The minimum atomic E-state index is -1.09. The van der Waals surface area contributed by atoms with E-state index in [4.69, 9.17) is 87.5 Å². The van der Waals surface area contributed by atoms with Gasteiger partial charge in [-0.25, -0.2) is 0 Å². The molecule has 0 aromatic heterocycles. The third-order valence-electron chi connectivity index (χ3n) is 14.2. The van der Waals surface area contributed by atoms with E-state index in [1.54, 1.807) is 41.5 Å². The molecule has 6 saturated heterocycles. The molecule has 0 aliphatic carbocycles. The van der Waals surface area contributed by atoms with Crippen LogP contribution in [0.2, 0.25) is 0 Å². The molecule has 6 rings (SSSR count). The van der Waals surface area contributed by atoms with Crippen LogP contribution in [0.3, 0.4) is 0 Å². The third kappa shape index (κ3) is 25.2. The van der Waals surface area contributed by atoms with E-state index in [2.05, 4.69) is 0 Å². The second-order valence-electron chi connectivity index (χ2n) is 19.5. The van der Waals surface area contributed by atoms with Gasteiger partial charge in [0.15, 0.2) is 0 Å². The fourth-order valence-electron chi connectivity index (χ4n) is 9.46. The van der Waals surface area contributed by atoms with Crippen molar-refractivity contribution in [2.75, 3.05) is 82.3 Å². The van der Waals surface area contributed by atoms with Crippen LogP contribution in [0.25, 0.3) is 0 Å². The first-order valence-corrected chi connectivity index (χ1v) is 25.6. The molecule has 30 nitrogen and oxygen atoms in total. The van der Waals surface area contributed by atoms with Gasteiger partial charge >= 0.3 is 0 Å². The Morgan fingerprint density at radius 2 is 0.357 bits per heavy atom. The van der Waals surface area contributed by atoms with Crippen LogP contribution < -0.4 is 0 Å². The van der Waals surface area contributed by atoms with Crippen LogP contribution in [0.1, 0.15) is 86.1 Å². The van der Waals surface area contributed by atoms with E-state index in [0.717, 1.165) is 0 Å². The Kier molecular flexibility index (Phi) is 52.4. The van der Waals surface area contributed by atoms with Gasteiger partial charge in [-0.05, 0) is 41.5 Å². The van der Waals surface area contributed by atoms with Crippen LogP contribution in [0.5, 0.6) is 0 Å². The van der Waals surface area contributed by atoms with Crippen molar-refractivity contribution >= 4 is 0 Å². The summed E-state index contributed by atoms with van der Waals surface area (Å²) in [5.41, 5.74) is 0. The van der Waals surface area contributed by atoms with Crippen LogP contribution in [0.4, 0.5) is 0 Å². The highest BCUT2D eigenvalue weighted by Crippen LogP contribution is 2.27. The van der Waals surface area contributed by atoms with Gasteiger partial charge in [0.2, 0.25) is 0 Å². The Balaban J connectivity index is -0.000000214. The van der Waals surface area contributed by atoms with E-state index in [-0.39, 0.29) is 103 Å². The van der Waals surface area contributed by atoms with Crippen LogP contribution in [-0.2, 0) is 56.8 Å². The molecule has 6 heterocycles. The lowest BCUT2D eigenvalue weighted by Gasteiger charge is -2.40. The molecule has 0 aromatic carbocycles.